The van der Waals surface area contributed by atoms with Crippen LogP contribution in [0.5, 0.6) is 0 Å². The van der Waals surface area contributed by atoms with E-state index in [1.807, 2.05) is 23.1 Å². The number of benzene rings is 1. The van der Waals surface area contributed by atoms with Gasteiger partial charge in [0.25, 0.3) is 0 Å². The van der Waals surface area contributed by atoms with Crippen LogP contribution >= 0.6 is 23.1 Å². The molecule has 0 fully saturated rings. The van der Waals surface area contributed by atoms with E-state index < -0.39 is 0 Å². The zero-order valence-electron chi connectivity index (χ0n) is 12.4. The Morgan fingerprint density at radius 2 is 2.27 bits per heavy atom. The van der Waals surface area contributed by atoms with Crippen molar-refractivity contribution in [2.45, 2.75) is 24.1 Å². The highest BCUT2D eigenvalue weighted by Gasteiger charge is 2.24. The average Bonchev–Trinajstić information content (AvgIpc) is 3.17. The van der Waals surface area contributed by atoms with Gasteiger partial charge < -0.3 is 10.2 Å². The molecule has 1 aliphatic heterocycles. The molecule has 0 atom stereocenters. The van der Waals surface area contributed by atoms with Gasteiger partial charge in [0.2, 0.25) is 11.0 Å². The lowest BCUT2D eigenvalue weighted by Gasteiger charge is -2.16. The molecule has 5 nitrogen and oxygen atoms in total. The third kappa shape index (κ3) is 3.41. The van der Waals surface area contributed by atoms with Gasteiger partial charge in [-0.2, -0.15) is 0 Å². The van der Waals surface area contributed by atoms with Crippen LogP contribution in [0.15, 0.2) is 28.6 Å². The summed E-state index contributed by atoms with van der Waals surface area (Å²) in [6, 6.07) is 8.11. The van der Waals surface area contributed by atoms with Gasteiger partial charge in [-0.3, -0.25) is 4.79 Å². The molecule has 0 saturated carbocycles. The van der Waals surface area contributed by atoms with E-state index in [1.54, 1.807) is 0 Å². The fraction of sp³-hybridized carbons (Fsp3) is 0.400. The Labute approximate surface area is 138 Å². The lowest BCUT2D eigenvalue weighted by atomic mass is 10.2. The molecule has 1 N–H and O–H groups in total. The van der Waals surface area contributed by atoms with Crippen molar-refractivity contribution in [3.8, 4) is 0 Å². The second-order valence-electron chi connectivity index (χ2n) is 5.01. The summed E-state index contributed by atoms with van der Waals surface area (Å²) in [5.41, 5.74) is 2.30. The maximum absolute atomic E-state index is 12.4. The molecule has 2 aromatic rings. The third-order valence-electron chi connectivity index (χ3n) is 3.44. The minimum atomic E-state index is 0.133. The summed E-state index contributed by atoms with van der Waals surface area (Å²) >= 11 is 2.96. The monoisotopic (exact) mass is 334 g/mol. The van der Waals surface area contributed by atoms with Crippen LogP contribution < -0.4 is 10.2 Å². The van der Waals surface area contributed by atoms with Crippen LogP contribution in [0.3, 0.4) is 0 Å². The van der Waals surface area contributed by atoms with E-state index in [9.17, 15) is 4.79 Å². The second-order valence-corrected chi connectivity index (χ2v) is 7.21. The lowest BCUT2D eigenvalue weighted by Crippen LogP contribution is -2.30. The van der Waals surface area contributed by atoms with Gasteiger partial charge in [0.05, 0.1) is 5.75 Å². The molecule has 7 heteroatoms. The van der Waals surface area contributed by atoms with Gasteiger partial charge in [-0.05, 0) is 24.5 Å². The SMILES string of the molecule is CCCNc1nnc(SCC(=O)N2CCc3ccccc32)s1. The molecule has 2 heterocycles. The first-order chi connectivity index (χ1) is 10.8. The quantitative estimate of drug-likeness (QED) is 0.823. The summed E-state index contributed by atoms with van der Waals surface area (Å²) < 4.78 is 0.833. The second kappa shape index (κ2) is 7.11. The Bertz CT molecular complexity index is 658. The fourth-order valence-electron chi connectivity index (χ4n) is 2.37. The number of rotatable bonds is 6. The van der Waals surface area contributed by atoms with Crippen LogP contribution in [-0.2, 0) is 11.2 Å². The molecule has 0 spiro atoms. The predicted octanol–water partition coefficient (Wildman–Crippen LogP) is 3.04. The Hall–Kier alpha value is -1.60. The molecule has 1 aromatic heterocycles. The molecule has 0 bridgehead atoms. The summed E-state index contributed by atoms with van der Waals surface area (Å²) in [6.45, 7) is 3.78. The van der Waals surface area contributed by atoms with E-state index in [-0.39, 0.29) is 5.91 Å². The van der Waals surface area contributed by atoms with Gasteiger partial charge >= 0.3 is 0 Å². The van der Waals surface area contributed by atoms with Crippen LogP contribution in [0, 0.1) is 0 Å². The van der Waals surface area contributed by atoms with Crippen molar-refractivity contribution >= 4 is 39.8 Å². The molecule has 1 aromatic carbocycles. The number of thioether (sulfide) groups is 1. The fourth-order valence-corrected chi connectivity index (χ4v) is 4.02. The maximum Gasteiger partial charge on any atom is 0.237 e. The number of hydrogen-bond donors (Lipinski definition) is 1. The summed E-state index contributed by atoms with van der Waals surface area (Å²) in [7, 11) is 0. The molecule has 0 unspecified atom stereocenters. The molecule has 1 amide bonds. The van der Waals surface area contributed by atoms with Crippen LogP contribution in [0.4, 0.5) is 10.8 Å². The zero-order chi connectivity index (χ0) is 15.4. The molecule has 22 heavy (non-hydrogen) atoms. The molecule has 3 rings (SSSR count). The Balaban J connectivity index is 1.56. The van der Waals surface area contributed by atoms with Crippen molar-refractivity contribution < 1.29 is 4.79 Å². The van der Waals surface area contributed by atoms with Gasteiger partial charge in [0.1, 0.15) is 0 Å². The Morgan fingerprint density at radius 3 is 3.14 bits per heavy atom. The molecule has 0 saturated heterocycles. The van der Waals surface area contributed by atoms with E-state index in [4.69, 9.17) is 0 Å². The lowest BCUT2D eigenvalue weighted by molar-refractivity contribution is -0.116. The number of aromatic nitrogens is 2. The number of nitrogens with one attached hydrogen (secondary N) is 1. The van der Waals surface area contributed by atoms with Gasteiger partial charge in [-0.1, -0.05) is 48.2 Å². The first-order valence-corrected chi connectivity index (χ1v) is 9.16. The van der Waals surface area contributed by atoms with Gasteiger partial charge in [0.15, 0.2) is 4.34 Å². The summed E-state index contributed by atoms with van der Waals surface area (Å²) in [6.07, 6.45) is 1.99. The molecule has 1 aliphatic rings. The normalized spacial score (nSPS) is 13.2. The number of anilines is 2. The van der Waals surface area contributed by atoms with Crippen molar-refractivity contribution in [2.75, 3.05) is 29.1 Å². The number of para-hydroxylation sites is 1. The average molecular weight is 334 g/mol. The smallest absolute Gasteiger partial charge is 0.237 e. The highest BCUT2D eigenvalue weighted by molar-refractivity contribution is 8.01. The van der Waals surface area contributed by atoms with E-state index >= 15 is 0 Å². The van der Waals surface area contributed by atoms with Crippen LogP contribution in [0.1, 0.15) is 18.9 Å². The number of nitrogens with zero attached hydrogens (tertiary/aromatic N) is 3. The standard InChI is InChI=1S/C15H18N4OS2/c1-2-8-16-14-17-18-15(22-14)21-10-13(20)19-9-7-11-5-3-4-6-12(11)19/h3-6H,2,7-10H2,1H3,(H,16,17). The minimum absolute atomic E-state index is 0.133. The number of amides is 1. The highest BCUT2D eigenvalue weighted by Crippen LogP contribution is 2.30. The maximum atomic E-state index is 12.4. The summed E-state index contributed by atoms with van der Waals surface area (Å²) in [4.78, 5) is 14.3. The van der Waals surface area contributed by atoms with E-state index in [0.29, 0.717) is 5.75 Å². The number of carbonyl (C=O) groups is 1. The van der Waals surface area contributed by atoms with Crippen molar-refractivity contribution in [2.24, 2.45) is 0 Å². The van der Waals surface area contributed by atoms with E-state index in [0.717, 1.165) is 41.1 Å². The first-order valence-electron chi connectivity index (χ1n) is 7.36. The Morgan fingerprint density at radius 1 is 1.41 bits per heavy atom. The van der Waals surface area contributed by atoms with Crippen molar-refractivity contribution in [3.05, 3.63) is 29.8 Å². The summed E-state index contributed by atoms with van der Waals surface area (Å²) in [5.74, 6) is 0.532. The largest absolute Gasteiger partial charge is 0.360 e. The van der Waals surface area contributed by atoms with Crippen molar-refractivity contribution in [1.82, 2.24) is 10.2 Å². The van der Waals surface area contributed by atoms with Crippen LogP contribution in [0.2, 0.25) is 0 Å². The van der Waals surface area contributed by atoms with Crippen LogP contribution in [-0.4, -0.2) is 34.9 Å². The molecule has 116 valence electrons. The van der Waals surface area contributed by atoms with E-state index in [1.165, 1.54) is 28.7 Å². The number of carbonyl (C=O) groups excluding carboxylic acids is 1. The molecular formula is C15H18N4OS2. The van der Waals surface area contributed by atoms with Gasteiger partial charge in [-0.15, -0.1) is 10.2 Å². The molecule has 0 aliphatic carbocycles. The predicted molar refractivity (Wildman–Crippen MR) is 91.9 cm³/mol. The Kier molecular flexibility index (Phi) is 4.94. The molecular weight excluding hydrogens is 316 g/mol. The first kappa shape index (κ1) is 15.3. The van der Waals surface area contributed by atoms with Crippen LogP contribution in [0.25, 0.3) is 0 Å². The number of hydrogen-bond acceptors (Lipinski definition) is 6. The highest BCUT2D eigenvalue weighted by atomic mass is 32.2. The molecule has 0 radical (unpaired) electrons. The van der Waals surface area contributed by atoms with Gasteiger partial charge in [0, 0.05) is 18.8 Å². The van der Waals surface area contributed by atoms with E-state index in [2.05, 4.69) is 28.5 Å². The number of fused-ring (bicyclic) bond motifs is 1. The third-order valence-corrected chi connectivity index (χ3v) is 5.44. The van der Waals surface area contributed by atoms with Crippen molar-refractivity contribution in [1.29, 1.82) is 0 Å². The summed E-state index contributed by atoms with van der Waals surface area (Å²) in [5, 5.41) is 12.2. The van der Waals surface area contributed by atoms with Gasteiger partial charge in [-0.25, -0.2) is 0 Å². The van der Waals surface area contributed by atoms with Crippen molar-refractivity contribution in [3.63, 3.8) is 0 Å². The zero-order valence-corrected chi connectivity index (χ0v) is 14.0. The topological polar surface area (TPSA) is 58.1 Å². The minimum Gasteiger partial charge on any atom is -0.360 e.